The highest BCUT2D eigenvalue weighted by Gasteiger charge is 2.01. The van der Waals surface area contributed by atoms with Gasteiger partial charge in [0.2, 0.25) is 0 Å². The zero-order chi connectivity index (χ0) is 13.7. The molecule has 2 aromatic rings. The van der Waals surface area contributed by atoms with Crippen molar-refractivity contribution in [1.29, 1.82) is 0 Å². The van der Waals surface area contributed by atoms with Crippen molar-refractivity contribution in [3.8, 4) is 0 Å². The average molecular weight is 289 g/mol. The van der Waals surface area contributed by atoms with Gasteiger partial charge in [-0.2, -0.15) is 0 Å². The third-order valence-electron chi connectivity index (χ3n) is 2.65. The van der Waals surface area contributed by atoms with E-state index in [1.54, 1.807) is 23.9 Å². The Bertz CT molecular complexity index is 602. The first-order valence-corrected chi connectivity index (χ1v) is 7.41. The van der Waals surface area contributed by atoms with Crippen LogP contribution < -0.4 is 0 Å². The minimum absolute atomic E-state index is 0.00683. The van der Waals surface area contributed by atoms with Crippen LogP contribution in [0.3, 0.4) is 0 Å². The highest BCUT2D eigenvalue weighted by molar-refractivity contribution is 7.98. The Kier molecular flexibility index (Phi) is 4.83. The monoisotopic (exact) mass is 288 g/mol. The van der Waals surface area contributed by atoms with E-state index in [0.717, 1.165) is 10.5 Å². The van der Waals surface area contributed by atoms with Crippen molar-refractivity contribution < 1.29 is 4.79 Å². The minimum Gasteiger partial charge on any atom is -0.289 e. The summed E-state index contributed by atoms with van der Waals surface area (Å²) in [6.45, 7) is 0. The molecule has 1 nitrogen and oxygen atoms in total. The molecule has 2 rings (SSSR count). The molecular formula is C16H13ClOS. The first-order chi connectivity index (χ1) is 9.19. The van der Waals surface area contributed by atoms with Crippen molar-refractivity contribution in [3.63, 3.8) is 0 Å². The number of benzene rings is 2. The third-order valence-corrected chi connectivity index (χ3v) is 3.63. The Morgan fingerprint density at radius 1 is 1.16 bits per heavy atom. The first kappa shape index (κ1) is 13.9. The average Bonchev–Trinajstić information content (AvgIpc) is 2.45. The van der Waals surface area contributed by atoms with Crippen molar-refractivity contribution in [3.05, 3.63) is 70.8 Å². The Labute approximate surface area is 122 Å². The molecule has 96 valence electrons. The van der Waals surface area contributed by atoms with Gasteiger partial charge in [0.05, 0.1) is 0 Å². The maximum Gasteiger partial charge on any atom is 0.185 e. The van der Waals surface area contributed by atoms with Gasteiger partial charge < -0.3 is 0 Å². The van der Waals surface area contributed by atoms with Crippen molar-refractivity contribution in [2.75, 3.05) is 6.26 Å². The highest BCUT2D eigenvalue weighted by atomic mass is 35.5. The molecule has 3 heteroatoms. The first-order valence-electron chi connectivity index (χ1n) is 5.81. The summed E-state index contributed by atoms with van der Waals surface area (Å²) in [7, 11) is 0. The van der Waals surface area contributed by atoms with E-state index in [1.807, 2.05) is 54.8 Å². The van der Waals surface area contributed by atoms with Crippen LogP contribution in [0.25, 0.3) is 6.08 Å². The summed E-state index contributed by atoms with van der Waals surface area (Å²) in [6, 6.07) is 15.0. The van der Waals surface area contributed by atoms with E-state index in [9.17, 15) is 4.79 Å². The second-order valence-electron chi connectivity index (χ2n) is 3.98. The van der Waals surface area contributed by atoms with Crippen LogP contribution in [-0.4, -0.2) is 12.0 Å². The molecule has 0 radical (unpaired) electrons. The fraction of sp³-hybridized carbons (Fsp3) is 0.0625. The zero-order valence-electron chi connectivity index (χ0n) is 10.5. The minimum atomic E-state index is -0.00683. The second-order valence-corrected chi connectivity index (χ2v) is 5.30. The lowest BCUT2D eigenvalue weighted by Gasteiger charge is -1.98. The predicted molar refractivity (Wildman–Crippen MR) is 83.0 cm³/mol. The molecule has 0 fully saturated rings. The van der Waals surface area contributed by atoms with Crippen LogP contribution >= 0.6 is 23.4 Å². The molecule has 0 saturated heterocycles. The van der Waals surface area contributed by atoms with Crippen LogP contribution in [0, 0.1) is 0 Å². The molecule has 0 aromatic heterocycles. The number of allylic oxidation sites excluding steroid dienone is 1. The van der Waals surface area contributed by atoms with Gasteiger partial charge in [-0.1, -0.05) is 29.8 Å². The maximum absolute atomic E-state index is 12.0. The number of halogens is 1. The number of hydrogen-bond donors (Lipinski definition) is 0. The second kappa shape index (κ2) is 6.60. The van der Waals surface area contributed by atoms with Gasteiger partial charge in [-0.05, 0) is 54.3 Å². The van der Waals surface area contributed by atoms with Crippen molar-refractivity contribution in [2.24, 2.45) is 0 Å². The number of ketones is 1. The summed E-state index contributed by atoms with van der Waals surface area (Å²) in [5.74, 6) is -0.00683. The molecule has 0 bridgehead atoms. The van der Waals surface area contributed by atoms with E-state index >= 15 is 0 Å². The fourth-order valence-corrected chi connectivity index (χ4v) is 2.24. The molecule has 0 spiro atoms. The summed E-state index contributed by atoms with van der Waals surface area (Å²) in [4.78, 5) is 13.1. The molecule has 0 heterocycles. The van der Waals surface area contributed by atoms with Gasteiger partial charge in [0.25, 0.3) is 0 Å². The van der Waals surface area contributed by atoms with E-state index in [0.29, 0.717) is 10.6 Å². The van der Waals surface area contributed by atoms with E-state index in [2.05, 4.69) is 0 Å². The Balaban J connectivity index is 2.11. The fourth-order valence-electron chi connectivity index (χ4n) is 1.63. The summed E-state index contributed by atoms with van der Waals surface area (Å²) in [5.41, 5.74) is 1.61. The largest absolute Gasteiger partial charge is 0.289 e. The molecule has 0 aliphatic rings. The standard InChI is InChI=1S/C16H13ClOS/c1-19-15-8-6-13(7-9-15)16(18)10-5-12-3-2-4-14(17)11-12/h2-11H,1H3/b10-5-. The molecule has 0 amide bonds. The van der Waals surface area contributed by atoms with Gasteiger partial charge in [-0.3, -0.25) is 4.79 Å². The number of carbonyl (C=O) groups excluding carboxylic acids is 1. The smallest absolute Gasteiger partial charge is 0.185 e. The number of hydrogen-bond acceptors (Lipinski definition) is 2. The lowest BCUT2D eigenvalue weighted by Crippen LogP contribution is -1.93. The van der Waals surface area contributed by atoms with Gasteiger partial charge >= 0.3 is 0 Å². The molecular weight excluding hydrogens is 276 g/mol. The molecule has 19 heavy (non-hydrogen) atoms. The molecule has 0 atom stereocenters. The third kappa shape index (κ3) is 3.98. The van der Waals surface area contributed by atoms with Gasteiger partial charge in [-0.15, -0.1) is 11.8 Å². The van der Waals surface area contributed by atoms with E-state index in [1.165, 1.54) is 0 Å². The molecule has 0 N–H and O–H groups in total. The number of rotatable bonds is 4. The van der Waals surface area contributed by atoms with Crippen LogP contribution in [0.4, 0.5) is 0 Å². The van der Waals surface area contributed by atoms with Gasteiger partial charge in [-0.25, -0.2) is 0 Å². The van der Waals surface area contributed by atoms with Gasteiger partial charge in [0.1, 0.15) is 0 Å². The van der Waals surface area contributed by atoms with Crippen LogP contribution in [0.15, 0.2) is 59.5 Å². The quantitative estimate of drug-likeness (QED) is 0.449. The zero-order valence-corrected chi connectivity index (χ0v) is 12.0. The van der Waals surface area contributed by atoms with Crippen molar-refractivity contribution >= 4 is 35.2 Å². The van der Waals surface area contributed by atoms with Crippen LogP contribution in [0.1, 0.15) is 15.9 Å². The summed E-state index contributed by atoms with van der Waals surface area (Å²) < 4.78 is 0. The van der Waals surface area contributed by atoms with E-state index in [-0.39, 0.29) is 5.78 Å². The Morgan fingerprint density at radius 2 is 1.89 bits per heavy atom. The van der Waals surface area contributed by atoms with Crippen LogP contribution in [-0.2, 0) is 0 Å². The molecule has 0 aliphatic carbocycles. The Morgan fingerprint density at radius 3 is 2.53 bits per heavy atom. The van der Waals surface area contributed by atoms with Gasteiger partial charge in [0, 0.05) is 15.5 Å². The van der Waals surface area contributed by atoms with E-state index in [4.69, 9.17) is 11.6 Å². The molecule has 0 aliphatic heterocycles. The summed E-state index contributed by atoms with van der Waals surface area (Å²) in [5, 5.41) is 0.666. The lowest BCUT2D eigenvalue weighted by molar-refractivity contribution is 0.104. The predicted octanol–water partition coefficient (Wildman–Crippen LogP) is 4.96. The highest BCUT2D eigenvalue weighted by Crippen LogP contribution is 2.16. The molecule has 2 aromatic carbocycles. The maximum atomic E-state index is 12.0. The van der Waals surface area contributed by atoms with Crippen LogP contribution in [0.5, 0.6) is 0 Å². The summed E-state index contributed by atoms with van der Waals surface area (Å²) in [6.07, 6.45) is 5.35. The van der Waals surface area contributed by atoms with E-state index < -0.39 is 0 Å². The molecule has 0 unspecified atom stereocenters. The topological polar surface area (TPSA) is 17.1 Å². The van der Waals surface area contributed by atoms with Gasteiger partial charge in [0.15, 0.2) is 5.78 Å². The normalized spacial score (nSPS) is 10.8. The lowest BCUT2D eigenvalue weighted by atomic mass is 10.1. The summed E-state index contributed by atoms with van der Waals surface area (Å²) >= 11 is 7.55. The number of thioether (sulfide) groups is 1. The SMILES string of the molecule is CSc1ccc(C(=O)/C=C\c2cccc(Cl)c2)cc1. The van der Waals surface area contributed by atoms with Crippen molar-refractivity contribution in [2.45, 2.75) is 4.90 Å². The Hall–Kier alpha value is -1.51. The number of carbonyl (C=O) groups is 1. The van der Waals surface area contributed by atoms with Crippen LogP contribution in [0.2, 0.25) is 5.02 Å². The van der Waals surface area contributed by atoms with Crippen molar-refractivity contribution in [1.82, 2.24) is 0 Å². The molecule has 0 saturated carbocycles.